The Morgan fingerprint density at radius 1 is 1.43 bits per heavy atom. The number of amides is 1. The van der Waals surface area contributed by atoms with Gasteiger partial charge in [-0.3, -0.25) is 9.89 Å². The van der Waals surface area contributed by atoms with E-state index in [1.54, 1.807) is 12.1 Å². The second-order valence-electron chi connectivity index (χ2n) is 5.60. The van der Waals surface area contributed by atoms with E-state index in [9.17, 15) is 9.18 Å². The molecule has 1 unspecified atom stereocenters. The lowest BCUT2D eigenvalue weighted by molar-refractivity contribution is -0.131. The van der Waals surface area contributed by atoms with Crippen molar-refractivity contribution in [3.05, 3.63) is 41.5 Å². The van der Waals surface area contributed by atoms with Crippen molar-refractivity contribution < 1.29 is 9.18 Å². The largest absolute Gasteiger partial charge is 0.336 e. The minimum absolute atomic E-state index is 0.0684. The van der Waals surface area contributed by atoms with Gasteiger partial charge in [0.25, 0.3) is 0 Å². The number of carbonyl (C=O) groups is 1. The summed E-state index contributed by atoms with van der Waals surface area (Å²) < 4.78 is 13.1. The fourth-order valence-corrected chi connectivity index (χ4v) is 3.63. The molecule has 1 saturated heterocycles. The lowest BCUT2D eigenvalue weighted by atomic mass is 10.0. The highest BCUT2D eigenvalue weighted by atomic mass is 32.2. The van der Waals surface area contributed by atoms with E-state index in [1.807, 2.05) is 11.8 Å². The van der Waals surface area contributed by atoms with Crippen LogP contribution in [0.3, 0.4) is 0 Å². The average Bonchev–Trinajstić information content (AvgIpc) is 3.17. The third-order valence-electron chi connectivity index (χ3n) is 3.95. The number of aromatic amines is 1. The molecule has 1 aliphatic heterocycles. The van der Waals surface area contributed by atoms with Gasteiger partial charge in [-0.2, -0.15) is 0 Å². The Labute approximate surface area is 138 Å². The van der Waals surface area contributed by atoms with E-state index in [1.165, 1.54) is 23.9 Å². The Morgan fingerprint density at radius 3 is 2.91 bits per heavy atom. The van der Waals surface area contributed by atoms with Gasteiger partial charge in [-0.1, -0.05) is 23.9 Å². The Hall–Kier alpha value is -1.89. The molecule has 3 rings (SSSR count). The van der Waals surface area contributed by atoms with Gasteiger partial charge >= 0.3 is 0 Å². The third-order valence-corrected chi connectivity index (χ3v) is 4.80. The van der Waals surface area contributed by atoms with Gasteiger partial charge < -0.3 is 4.90 Å². The second kappa shape index (κ2) is 7.12. The smallest absolute Gasteiger partial charge is 0.223 e. The first-order chi connectivity index (χ1) is 11.1. The lowest BCUT2D eigenvalue weighted by Crippen LogP contribution is -2.30. The quantitative estimate of drug-likeness (QED) is 0.854. The summed E-state index contributed by atoms with van der Waals surface area (Å²) in [7, 11) is 0. The molecule has 2 aromatic rings. The molecule has 23 heavy (non-hydrogen) atoms. The minimum Gasteiger partial charge on any atom is -0.336 e. The number of hydrogen-bond acceptors (Lipinski definition) is 4. The van der Waals surface area contributed by atoms with E-state index in [2.05, 4.69) is 15.2 Å². The first kappa shape index (κ1) is 16.0. The lowest BCUT2D eigenvalue weighted by Gasteiger charge is -2.25. The summed E-state index contributed by atoms with van der Waals surface area (Å²) in [5.74, 6) is 1.32. The molecule has 2 heterocycles. The summed E-state index contributed by atoms with van der Waals surface area (Å²) in [6.07, 6.45) is 2.38. The van der Waals surface area contributed by atoms with E-state index in [4.69, 9.17) is 0 Å². The zero-order chi connectivity index (χ0) is 16.2. The maximum absolute atomic E-state index is 13.1. The summed E-state index contributed by atoms with van der Waals surface area (Å²) in [6.45, 7) is 2.62. The summed E-state index contributed by atoms with van der Waals surface area (Å²) in [5, 5.41) is 7.51. The number of nitrogens with zero attached hydrogens (tertiary/aromatic N) is 3. The predicted molar refractivity (Wildman–Crippen MR) is 86.5 cm³/mol. The van der Waals surface area contributed by atoms with E-state index in [-0.39, 0.29) is 17.8 Å². The average molecular weight is 334 g/mol. The molecule has 0 bridgehead atoms. The highest BCUT2D eigenvalue weighted by Crippen LogP contribution is 2.32. The zero-order valence-corrected chi connectivity index (χ0v) is 13.8. The molecule has 1 fully saturated rings. The van der Waals surface area contributed by atoms with E-state index in [0.29, 0.717) is 17.3 Å². The Bertz CT molecular complexity index is 673. The first-order valence-electron chi connectivity index (χ1n) is 7.70. The third kappa shape index (κ3) is 3.90. The van der Waals surface area contributed by atoms with Crippen molar-refractivity contribution in [2.24, 2.45) is 0 Å². The fraction of sp³-hybridized carbons (Fsp3) is 0.438. The van der Waals surface area contributed by atoms with Crippen LogP contribution in [-0.4, -0.2) is 38.3 Å². The van der Waals surface area contributed by atoms with Crippen LogP contribution in [0.25, 0.3) is 0 Å². The maximum atomic E-state index is 13.1. The molecule has 0 spiro atoms. The number of halogens is 1. The van der Waals surface area contributed by atoms with Crippen LogP contribution in [0.4, 0.5) is 4.39 Å². The molecule has 1 amide bonds. The van der Waals surface area contributed by atoms with Crippen LogP contribution in [0, 0.1) is 12.7 Å². The first-order valence-corrected chi connectivity index (χ1v) is 8.69. The van der Waals surface area contributed by atoms with E-state index >= 15 is 0 Å². The van der Waals surface area contributed by atoms with Gasteiger partial charge in [-0.25, -0.2) is 9.37 Å². The highest BCUT2D eigenvalue weighted by Gasteiger charge is 2.29. The highest BCUT2D eigenvalue weighted by molar-refractivity contribution is 7.99. The van der Waals surface area contributed by atoms with Gasteiger partial charge in [-0.15, -0.1) is 5.10 Å². The standard InChI is InChI=1S/C16H19FN4OS/c1-11-18-16(20-19-11)23-10-8-15(22)21-9-2-3-14(21)12-4-6-13(17)7-5-12/h4-7,14H,2-3,8-10H2,1H3,(H,18,19,20). The topological polar surface area (TPSA) is 61.9 Å². The molecule has 1 aromatic heterocycles. The molecular weight excluding hydrogens is 315 g/mol. The molecule has 0 aliphatic carbocycles. The van der Waals surface area contributed by atoms with Crippen molar-refractivity contribution in [3.8, 4) is 0 Å². The van der Waals surface area contributed by atoms with Crippen LogP contribution in [0.15, 0.2) is 29.4 Å². The van der Waals surface area contributed by atoms with Crippen LogP contribution in [-0.2, 0) is 4.79 Å². The predicted octanol–water partition coefficient (Wildman–Crippen LogP) is 3.10. The number of benzene rings is 1. The molecule has 1 atom stereocenters. The van der Waals surface area contributed by atoms with Crippen molar-refractivity contribution in [1.29, 1.82) is 0 Å². The van der Waals surface area contributed by atoms with Crippen molar-refractivity contribution in [2.75, 3.05) is 12.3 Å². The van der Waals surface area contributed by atoms with Crippen LogP contribution in [0.1, 0.15) is 36.7 Å². The molecule has 1 aromatic carbocycles. The Balaban J connectivity index is 1.56. The number of hydrogen-bond donors (Lipinski definition) is 1. The van der Waals surface area contributed by atoms with Crippen LogP contribution in [0.5, 0.6) is 0 Å². The van der Waals surface area contributed by atoms with Crippen molar-refractivity contribution in [3.63, 3.8) is 0 Å². The monoisotopic (exact) mass is 334 g/mol. The van der Waals surface area contributed by atoms with Crippen LogP contribution in [0.2, 0.25) is 0 Å². The molecule has 5 nitrogen and oxygen atoms in total. The fourth-order valence-electron chi connectivity index (χ4n) is 2.86. The minimum atomic E-state index is -0.247. The SMILES string of the molecule is Cc1nc(SCCC(=O)N2CCCC2c2ccc(F)cc2)n[nH]1. The molecule has 0 saturated carbocycles. The summed E-state index contributed by atoms with van der Waals surface area (Å²) in [5.41, 5.74) is 1.01. The van der Waals surface area contributed by atoms with Crippen LogP contribution >= 0.6 is 11.8 Å². The van der Waals surface area contributed by atoms with Gasteiger partial charge in [0.15, 0.2) is 0 Å². The number of nitrogens with one attached hydrogen (secondary N) is 1. The van der Waals surface area contributed by atoms with Gasteiger partial charge in [0.2, 0.25) is 11.1 Å². The van der Waals surface area contributed by atoms with Gasteiger partial charge in [0.1, 0.15) is 11.6 Å². The molecule has 1 N–H and O–H groups in total. The van der Waals surface area contributed by atoms with Gasteiger partial charge in [0, 0.05) is 18.7 Å². The van der Waals surface area contributed by atoms with Gasteiger partial charge in [0.05, 0.1) is 6.04 Å². The number of thioether (sulfide) groups is 1. The van der Waals surface area contributed by atoms with Crippen molar-refractivity contribution in [2.45, 2.75) is 37.4 Å². The zero-order valence-electron chi connectivity index (χ0n) is 13.0. The van der Waals surface area contributed by atoms with E-state index < -0.39 is 0 Å². The number of rotatable bonds is 5. The molecular formula is C16H19FN4OS. The van der Waals surface area contributed by atoms with Crippen molar-refractivity contribution in [1.82, 2.24) is 20.1 Å². The maximum Gasteiger partial charge on any atom is 0.223 e. The van der Waals surface area contributed by atoms with Gasteiger partial charge in [-0.05, 0) is 37.5 Å². The number of likely N-dealkylation sites (tertiary alicyclic amines) is 1. The van der Waals surface area contributed by atoms with Crippen LogP contribution < -0.4 is 0 Å². The normalized spacial score (nSPS) is 17.7. The van der Waals surface area contributed by atoms with E-state index in [0.717, 1.165) is 30.8 Å². The number of aryl methyl sites for hydroxylation is 1. The summed E-state index contributed by atoms with van der Waals surface area (Å²) >= 11 is 1.48. The Kier molecular flexibility index (Phi) is 4.95. The van der Waals surface area contributed by atoms with Crippen molar-refractivity contribution >= 4 is 17.7 Å². The molecule has 7 heteroatoms. The molecule has 0 radical (unpaired) electrons. The number of aromatic nitrogens is 3. The summed E-state index contributed by atoms with van der Waals surface area (Å²) in [4.78, 5) is 18.6. The molecule has 122 valence electrons. The Morgan fingerprint density at radius 2 is 2.22 bits per heavy atom. The number of H-pyrrole nitrogens is 1. The second-order valence-corrected chi connectivity index (χ2v) is 6.66. The molecule has 1 aliphatic rings. The number of carbonyl (C=O) groups excluding carboxylic acids is 1. The summed E-state index contributed by atoms with van der Waals surface area (Å²) in [6, 6.07) is 6.53.